The highest BCUT2D eigenvalue weighted by Crippen LogP contribution is 2.19. The van der Waals surface area contributed by atoms with E-state index in [4.69, 9.17) is 17.0 Å². The Kier molecular flexibility index (Phi) is 4.75. The van der Waals surface area contributed by atoms with Crippen LogP contribution in [-0.2, 0) is 0 Å². The Morgan fingerprint density at radius 3 is 2.29 bits per heavy atom. The van der Waals surface area contributed by atoms with Crippen molar-refractivity contribution in [2.75, 3.05) is 11.6 Å². The lowest BCUT2D eigenvalue weighted by Crippen LogP contribution is -2.43. The van der Waals surface area contributed by atoms with Crippen LogP contribution in [0.5, 0.6) is 5.75 Å². The second kappa shape index (κ2) is 6.36. The SMILES string of the molecule is CN(c1ccc(C(=S)Oc2ccccc2)nc1)[Si](C)(C)C. The zero-order valence-electron chi connectivity index (χ0n) is 12.8. The normalized spacial score (nSPS) is 11.0. The van der Waals surface area contributed by atoms with Crippen molar-refractivity contribution >= 4 is 31.2 Å². The smallest absolute Gasteiger partial charge is 0.216 e. The summed E-state index contributed by atoms with van der Waals surface area (Å²) in [6.45, 7) is 6.89. The van der Waals surface area contributed by atoms with Gasteiger partial charge >= 0.3 is 0 Å². The minimum atomic E-state index is -1.38. The van der Waals surface area contributed by atoms with E-state index >= 15 is 0 Å². The van der Waals surface area contributed by atoms with Crippen molar-refractivity contribution < 1.29 is 4.74 Å². The molecule has 0 amide bonds. The average Bonchev–Trinajstić information content (AvgIpc) is 2.46. The molecule has 0 aliphatic carbocycles. The second-order valence-electron chi connectivity index (χ2n) is 5.83. The number of thiocarbonyl (C=S) groups is 1. The molecule has 21 heavy (non-hydrogen) atoms. The minimum absolute atomic E-state index is 0.392. The molecule has 0 atom stereocenters. The number of pyridine rings is 1. The molecule has 2 aromatic rings. The van der Waals surface area contributed by atoms with Gasteiger partial charge in [-0.25, -0.2) is 4.98 Å². The summed E-state index contributed by atoms with van der Waals surface area (Å²) in [6.07, 6.45) is 1.86. The first-order valence-electron chi connectivity index (χ1n) is 6.85. The highest BCUT2D eigenvalue weighted by atomic mass is 32.1. The van der Waals surface area contributed by atoms with Crippen LogP contribution in [0, 0.1) is 0 Å². The zero-order chi connectivity index (χ0) is 15.5. The van der Waals surface area contributed by atoms with Gasteiger partial charge in [-0.1, -0.05) is 37.8 Å². The Morgan fingerprint density at radius 1 is 1.10 bits per heavy atom. The molecule has 0 aliphatic rings. The van der Waals surface area contributed by atoms with Gasteiger partial charge < -0.3 is 9.30 Å². The third-order valence-corrected chi connectivity index (χ3v) is 5.87. The molecule has 0 saturated carbocycles. The summed E-state index contributed by atoms with van der Waals surface area (Å²) < 4.78 is 7.94. The molecule has 3 nitrogen and oxygen atoms in total. The first-order chi connectivity index (χ1) is 9.88. The fourth-order valence-electron chi connectivity index (χ4n) is 1.74. The molecular formula is C16H20N2OSSi. The van der Waals surface area contributed by atoms with E-state index in [0.717, 1.165) is 11.4 Å². The predicted molar refractivity (Wildman–Crippen MR) is 94.8 cm³/mol. The van der Waals surface area contributed by atoms with Crippen LogP contribution in [0.25, 0.3) is 0 Å². The summed E-state index contributed by atoms with van der Waals surface area (Å²) in [4.78, 5) is 4.42. The lowest BCUT2D eigenvalue weighted by Gasteiger charge is -2.32. The van der Waals surface area contributed by atoms with Crippen molar-refractivity contribution in [3.8, 4) is 5.75 Å². The van der Waals surface area contributed by atoms with Crippen LogP contribution in [0.1, 0.15) is 5.69 Å². The molecule has 0 aliphatic heterocycles. The topological polar surface area (TPSA) is 25.4 Å². The van der Waals surface area contributed by atoms with Gasteiger partial charge in [-0.3, -0.25) is 0 Å². The molecule has 2 rings (SSSR count). The van der Waals surface area contributed by atoms with Crippen LogP contribution < -0.4 is 9.30 Å². The number of benzene rings is 1. The Morgan fingerprint density at radius 2 is 1.76 bits per heavy atom. The van der Waals surface area contributed by atoms with Gasteiger partial charge in [0.15, 0.2) is 0 Å². The molecule has 110 valence electrons. The summed E-state index contributed by atoms with van der Waals surface area (Å²) in [5.74, 6) is 0.729. The van der Waals surface area contributed by atoms with E-state index in [2.05, 4.69) is 36.2 Å². The number of hydrogen-bond acceptors (Lipinski definition) is 4. The monoisotopic (exact) mass is 316 g/mol. The van der Waals surface area contributed by atoms with Gasteiger partial charge in [0.05, 0.1) is 6.20 Å². The van der Waals surface area contributed by atoms with Gasteiger partial charge in [0.25, 0.3) is 0 Å². The van der Waals surface area contributed by atoms with Crippen LogP contribution in [0.15, 0.2) is 48.7 Å². The van der Waals surface area contributed by atoms with E-state index in [1.807, 2.05) is 48.7 Å². The predicted octanol–water partition coefficient (Wildman–Crippen LogP) is 4.11. The van der Waals surface area contributed by atoms with E-state index in [-0.39, 0.29) is 0 Å². The third kappa shape index (κ3) is 4.12. The van der Waals surface area contributed by atoms with Gasteiger partial charge in [-0.05, 0) is 43.5 Å². The maximum Gasteiger partial charge on any atom is 0.216 e. The highest BCUT2D eigenvalue weighted by Gasteiger charge is 2.20. The van der Waals surface area contributed by atoms with Crippen LogP contribution in [0.2, 0.25) is 19.6 Å². The van der Waals surface area contributed by atoms with E-state index in [1.165, 1.54) is 0 Å². The Bertz CT molecular complexity index is 608. The highest BCUT2D eigenvalue weighted by molar-refractivity contribution is 7.80. The molecule has 0 radical (unpaired) electrons. The quantitative estimate of drug-likeness (QED) is 0.626. The van der Waals surface area contributed by atoms with Crippen LogP contribution in [0.3, 0.4) is 0 Å². The second-order valence-corrected chi connectivity index (χ2v) is 11.2. The molecule has 1 aromatic heterocycles. The van der Waals surface area contributed by atoms with Gasteiger partial charge in [0, 0.05) is 5.69 Å². The van der Waals surface area contributed by atoms with Crippen molar-refractivity contribution in [1.29, 1.82) is 0 Å². The largest absolute Gasteiger partial charge is 0.444 e. The lowest BCUT2D eigenvalue weighted by atomic mass is 10.3. The number of anilines is 1. The summed E-state index contributed by atoms with van der Waals surface area (Å²) in [5.41, 5.74) is 1.79. The maximum atomic E-state index is 5.63. The number of nitrogens with zero attached hydrogens (tertiary/aromatic N) is 2. The molecule has 0 bridgehead atoms. The first kappa shape index (κ1) is 15.7. The van der Waals surface area contributed by atoms with Gasteiger partial charge in [-0.15, -0.1) is 0 Å². The summed E-state index contributed by atoms with van der Waals surface area (Å²) in [5, 5.41) is 0.392. The standard InChI is InChI=1S/C16H20N2OSSi/c1-18(21(2,3)4)13-10-11-15(17-12-13)16(20)19-14-8-6-5-7-9-14/h5-12H,1-4H3. The van der Waals surface area contributed by atoms with E-state index in [9.17, 15) is 0 Å². The first-order valence-corrected chi connectivity index (χ1v) is 10.7. The molecule has 0 saturated heterocycles. The van der Waals surface area contributed by atoms with Gasteiger partial charge in [0.2, 0.25) is 5.05 Å². The number of para-hydroxylation sites is 1. The fourth-order valence-corrected chi connectivity index (χ4v) is 2.86. The van der Waals surface area contributed by atoms with Gasteiger partial charge in [0.1, 0.15) is 19.7 Å². The van der Waals surface area contributed by atoms with Crippen LogP contribution in [0.4, 0.5) is 5.69 Å². The number of rotatable bonds is 4. The summed E-state index contributed by atoms with van der Waals surface area (Å²) >= 11 is 5.30. The molecule has 5 heteroatoms. The van der Waals surface area contributed by atoms with Crippen molar-refractivity contribution in [3.63, 3.8) is 0 Å². The summed E-state index contributed by atoms with van der Waals surface area (Å²) in [6, 6.07) is 13.5. The number of aromatic nitrogens is 1. The molecule has 0 unspecified atom stereocenters. The van der Waals surface area contributed by atoms with E-state index in [0.29, 0.717) is 10.7 Å². The third-order valence-electron chi connectivity index (χ3n) is 3.30. The molecule has 1 aromatic carbocycles. The van der Waals surface area contributed by atoms with Gasteiger partial charge in [-0.2, -0.15) is 0 Å². The van der Waals surface area contributed by atoms with E-state index < -0.39 is 8.24 Å². The molecule has 0 fully saturated rings. The van der Waals surface area contributed by atoms with Crippen LogP contribution in [-0.4, -0.2) is 25.3 Å². The number of hydrogen-bond donors (Lipinski definition) is 0. The number of ether oxygens (including phenoxy) is 1. The van der Waals surface area contributed by atoms with Crippen LogP contribution >= 0.6 is 12.2 Å². The molecule has 0 N–H and O–H groups in total. The molecule has 0 spiro atoms. The Hall–Kier alpha value is -1.72. The average molecular weight is 317 g/mol. The maximum absolute atomic E-state index is 5.63. The Balaban J connectivity index is 2.10. The van der Waals surface area contributed by atoms with Crippen molar-refractivity contribution in [2.45, 2.75) is 19.6 Å². The Labute approximate surface area is 132 Å². The molecule has 1 heterocycles. The lowest BCUT2D eigenvalue weighted by molar-refractivity contribution is 0.564. The molecular weight excluding hydrogens is 296 g/mol. The van der Waals surface area contributed by atoms with Crippen molar-refractivity contribution in [2.24, 2.45) is 0 Å². The fraction of sp³-hybridized carbons (Fsp3) is 0.250. The minimum Gasteiger partial charge on any atom is -0.444 e. The summed E-state index contributed by atoms with van der Waals surface area (Å²) in [7, 11) is 0.735. The zero-order valence-corrected chi connectivity index (χ0v) is 14.6. The van der Waals surface area contributed by atoms with Crippen molar-refractivity contribution in [1.82, 2.24) is 4.98 Å². The van der Waals surface area contributed by atoms with Crippen molar-refractivity contribution in [3.05, 3.63) is 54.4 Å². The van der Waals surface area contributed by atoms with E-state index in [1.54, 1.807) is 0 Å².